The van der Waals surface area contributed by atoms with Crippen molar-refractivity contribution in [1.29, 1.82) is 0 Å². The zero-order chi connectivity index (χ0) is 7.28. The molecule has 0 heterocycles. The van der Waals surface area contributed by atoms with Crippen LogP contribution in [0.3, 0.4) is 0 Å². The maximum atomic E-state index is 4.97. The van der Waals surface area contributed by atoms with Gasteiger partial charge in [-0.3, -0.25) is 0 Å². The molecule has 0 amide bonds. The summed E-state index contributed by atoms with van der Waals surface area (Å²) in [7, 11) is -0.741. The molecule has 2 unspecified atom stereocenters. The highest BCUT2D eigenvalue weighted by Gasteiger charge is 1.95. The molecule has 0 aromatic rings. The molecule has 56 valence electrons. The molecule has 0 aromatic carbocycles. The van der Waals surface area contributed by atoms with E-state index in [2.05, 4.69) is 11.7 Å². The minimum atomic E-state index is -0.403. The van der Waals surface area contributed by atoms with Crippen LogP contribution in [-0.4, -0.2) is 6.61 Å². The van der Waals surface area contributed by atoms with Gasteiger partial charge in [0.1, 0.15) is 0 Å². The van der Waals surface area contributed by atoms with Crippen molar-refractivity contribution in [3.05, 3.63) is 0 Å². The molecule has 0 aliphatic carbocycles. The Kier molecular flexibility index (Phi) is 7.81. The average molecular weight is 238 g/mol. The minimum absolute atomic E-state index is 0.337. The van der Waals surface area contributed by atoms with Gasteiger partial charge in [-0.15, -0.1) is 0 Å². The van der Waals surface area contributed by atoms with Crippen LogP contribution >= 0.6 is 22.7 Å². The number of hydrogen-bond acceptors (Lipinski definition) is 4. The lowest BCUT2D eigenvalue weighted by Crippen LogP contribution is -1.85. The average Bonchev–Trinajstić information content (AvgIpc) is 1.82. The van der Waals surface area contributed by atoms with Crippen molar-refractivity contribution in [3.8, 4) is 0 Å². The van der Waals surface area contributed by atoms with E-state index < -0.39 is 7.52 Å². The standard InChI is InChI=1S/C2H6OS6/c1-2-3-7-9(6)8(4)5/h2H2,1H3,(H,4,5). The molecule has 0 spiro atoms. The molecule has 0 fully saturated rings. The summed E-state index contributed by atoms with van der Waals surface area (Å²) < 4.78 is 4.97. The van der Waals surface area contributed by atoms with Crippen molar-refractivity contribution in [2.24, 2.45) is 0 Å². The Hall–Kier alpha value is 1.80. The Labute approximate surface area is 77.3 Å². The van der Waals surface area contributed by atoms with E-state index in [0.29, 0.717) is 6.61 Å². The number of rotatable bonds is 4. The highest BCUT2D eigenvalue weighted by Crippen LogP contribution is 2.15. The smallest absolute Gasteiger partial charge is 0.0786 e. The maximum Gasteiger partial charge on any atom is 0.0786 e. The maximum absolute atomic E-state index is 4.97. The van der Waals surface area contributed by atoms with Crippen LogP contribution in [0.1, 0.15) is 6.92 Å². The largest absolute Gasteiger partial charge is 0.304 e. The van der Waals surface area contributed by atoms with E-state index in [9.17, 15) is 0 Å². The van der Waals surface area contributed by atoms with E-state index >= 15 is 0 Å². The second-order valence-electron chi connectivity index (χ2n) is 0.896. The number of hydrogen-bond donors (Lipinski definition) is 1. The lowest BCUT2D eigenvalue weighted by Gasteiger charge is -1.98. The first-order valence-electron chi connectivity index (χ1n) is 2.01. The Bertz CT molecular complexity index is 120. The van der Waals surface area contributed by atoms with Crippen LogP contribution in [0, 0.1) is 0 Å². The van der Waals surface area contributed by atoms with E-state index in [1.807, 2.05) is 6.92 Å². The fraction of sp³-hybridized carbons (Fsp3) is 1.00. The van der Waals surface area contributed by atoms with E-state index in [1.54, 1.807) is 0 Å². The van der Waals surface area contributed by atoms with Crippen molar-refractivity contribution in [1.82, 2.24) is 0 Å². The molecule has 0 aromatic heterocycles. The molecular weight excluding hydrogens is 232 g/mol. The molecule has 2 atom stereocenters. The molecule has 1 nitrogen and oxygen atoms in total. The van der Waals surface area contributed by atoms with Crippen LogP contribution in [0.4, 0.5) is 0 Å². The fourth-order valence-corrected chi connectivity index (χ4v) is 3.42. The van der Waals surface area contributed by atoms with Gasteiger partial charge in [0.2, 0.25) is 0 Å². The lowest BCUT2D eigenvalue weighted by atomic mass is 10.9. The van der Waals surface area contributed by atoms with Crippen molar-refractivity contribution < 1.29 is 4.18 Å². The Balaban J connectivity index is 3.39. The minimum Gasteiger partial charge on any atom is -0.304 e. The summed E-state index contributed by atoms with van der Waals surface area (Å²) in [6.07, 6.45) is 0. The normalized spacial score (nSPS) is 17.1. The zero-order valence-corrected chi connectivity index (χ0v) is 9.58. The molecule has 0 rings (SSSR count). The van der Waals surface area contributed by atoms with Crippen molar-refractivity contribution in [3.63, 3.8) is 0 Å². The van der Waals surface area contributed by atoms with Crippen LogP contribution in [0.15, 0.2) is 0 Å². The Morgan fingerprint density at radius 1 is 1.67 bits per heavy atom. The molecule has 0 N–H and O–H groups in total. The summed E-state index contributed by atoms with van der Waals surface area (Å²) in [6.45, 7) is 2.59. The molecule has 7 heteroatoms. The second kappa shape index (κ2) is 6.51. The molecule has 0 saturated carbocycles. The van der Waals surface area contributed by atoms with Gasteiger partial charge in [0, 0.05) is 15.0 Å². The predicted molar refractivity (Wildman–Crippen MR) is 57.7 cm³/mol. The summed E-state index contributed by atoms with van der Waals surface area (Å²) in [5.41, 5.74) is 0. The van der Waals surface area contributed by atoms with Crippen molar-refractivity contribution >= 4 is 60.1 Å². The number of thiol groups is 1. The van der Waals surface area contributed by atoms with Crippen LogP contribution in [0.25, 0.3) is 0 Å². The van der Waals surface area contributed by atoms with Gasteiger partial charge in [-0.05, 0) is 29.3 Å². The summed E-state index contributed by atoms with van der Waals surface area (Å²) in [6, 6.07) is 0. The van der Waals surface area contributed by atoms with Crippen LogP contribution in [0.5, 0.6) is 0 Å². The summed E-state index contributed by atoms with van der Waals surface area (Å²) in [5, 5.41) is 0. The van der Waals surface area contributed by atoms with E-state index in [-0.39, 0.29) is 7.52 Å². The molecular formula is C2H6OS6. The third kappa shape index (κ3) is 6.21. The predicted octanol–water partition coefficient (Wildman–Crippen LogP) is 1.51. The SMILES string of the molecule is CCOSS(=S)S(=S)S. The van der Waals surface area contributed by atoms with Gasteiger partial charge in [0.05, 0.1) is 17.7 Å². The van der Waals surface area contributed by atoms with Gasteiger partial charge in [-0.25, -0.2) is 0 Å². The topological polar surface area (TPSA) is 9.23 Å². The first-order valence-corrected chi connectivity index (χ1v) is 9.14. The second-order valence-corrected chi connectivity index (χ2v) is 12.6. The monoisotopic (exact) mass is 238 g/mol. The van der Waals surface area contributed by atoms with Gasteiger partial charge in [0.25, 0.3) is 0 Å². The van der Waals surface area contributed by atoms with Crippen LogP contribution in [-0.2, 0) is 41.6 Å². The summed E-state index contributed by atoms with van der Waals surface area (Å²) >= 11 is 15.0. The summed E-state index contributed by atoms with van der Waals surface area (Å²) in [5.74, 6) is 0. The van der Waals surface area contributed by atoms with Crippen LogP contribution < -0.4 is 0 Å². The summed E-state index contributed by atoms with van der Waals surface area (Å²) in [4.78, 5) is 0. The quantitative estimate of drug-likeness (QED) is 0.451. The lowest BCUT2D eigenvalue weighted by molar-refractivity contribution is 0.408. The Morgan fingerprint density at radius 2 is 2.22 bits per heavy atom. The molecule has 9 heavy (non-hydrogen) atoms. The molecule has 0 bridgehead atoms. The van der Waals surface area contributed by atoms with Gasteiger partial charge in [-0.2, -0.15) is 0 Å². The van der Waals surface area contributed by atoms with Crippen molar-refractivity contribution in [2.75, 3.05) is 6.61 Å². The van der Waals surface area contributed by atoms with Crippen molar-refractivity contribution in [2.45, 2.75) is 6.92 Å². The van der Waals surface area contributed by atoms with E-state index in [4.69, 9.17) is 26.6 Å². The van der Waals surface area contributed by atoms with Gasteiger partial charge >= 0.3 is 0 Å². The highest BCUT2D eigenvalue weighted by molar-refractivity contribution is 9.26. The first kappa shape index (κ1) is 10.8. The molecule has 0 aliphatic heterocycles. The molecule has 0 aliphatic rings. The zero-order valence-electron chi connectivity index (χ0n) is 4.60. The Morgan fingerprint density at radius 3 is 2.56 bits per heavy atom. The van der Waals surface area contributed by atoms with E-state index in [0.717, 1.165) is 0 Å². The highest BCUT2D eigenvalue weighted by atomic mass is 33.9. The van der Waals surface area contributed by atoms with E-state index in [1.165, 1.54) is 11.1 Å². The fourth-order valence-electron chi connectivity index (χ4n) is 0.111. The van der Waals surface area contributed by atoms with Gasteiger partial charge < -0.3 is 4.18 Å². The van der Waals surface area contributed by atoms with Crippen LogP contribution in [0.2, 0.25) is 0 Å². The van der Waals surface area contributed by atoms with Gasteiger partial charge in [0.15, 0.2) is 0 Å². The first-order chi connectivity index (χ1) is 4.18. The third-order valence-electron chi connectivity index (χ3n) is 0.338. The third-order valence-corrected chi connectivity index (χ3v) is 11.7. The molecule has 0 radical (unpaired) electrons. The van der Waals surface area contributed by atoms with Gasteiger partial charge in [-0.1, -0.05) is 11.7 Å². The molecule has 0 saturated heterocycles.